The number of halogens is 2. The van der Waals surface area contributed by atoms with Crippen LogP contribution in [0.5, 0.6) is 5.75 Å². The van der Waals surface area contributed by atoms with Crippen LogP contribution < -0.4 is 9.46 Å². The smallest absolute Gasteiger partial charge is 0.222 e. The highest BCUT2D eigenvalue weighted by Gasteiger charge is 2.24. The zero-order chi connectivity index (χ0) is 26.4. The van der Waals surface area contributed by atoms with Gasteiger partial charge in [-0.1, -0.05) is 106 Å². The fourth-order valence-corrected chi connectivity index (χ4v) is 5.80. The number of thioether (sulfide) groups is 1. The molecule has 0 aliphatic carbocycles. The predicted molar refractivity (Wildman–Crippen MR) is 156 cm³/mol. The van der Waals surface area contributed by atoms with E-state index in [-0.39, 0.29) is 10.9 Å². The van der Waals surface area contributed by atoms with Gasteiger partial charge >= 0.3 is 0 Å². The molecule has 0 bridgehead atoms. The average Bonchev–Trinajstić information content (AvgIpc) is 2.83. The van der Waals surface area contributed by atoms with Gasteiger partial charge in [0.15, 0.2) is 5.75 Å². The summed E-state index contributed by atoms with van der Waals surface area (Å²) >= 11 is 15.0. The zero-order valence-corrected chi connectivity index (χ0v) is 24.4. The summed E-state index contributed by atoms with van der Waals surface area (Å²) in [6, 6.07) is 18.3. The van der Waals surface area contributed by atoms with Crippen molar-refractivity contribution in [3.63, 3.8) is 0 Å². The van der Waals surface area contributed by atoms with Crippen LogP contribution in [-0.2, 0) is 16.6 Å². The van der Waals surface area contributed by atoms with Crippen LogP contribution in [0.15, 0.2) is 54.6 Å². The molecular weight excluding hydrogens is 533 g/mol. The van der Waals surface area contributed by atoms with E-state index >= 15 is 0 Å². The molecule has 194 valence electrons. The summed E-state index contributed by atoms with van der Waals surface area (Å²) in [4.78, 5) is 0. The van der Waals surface area contributed by atoms with E-state index in [1.165, 1.54) is 16.7 Å². The third-order valence-corrected chi connectivity index (χ3v) is 7.99. The summed E-state index contributed by atoms with van der Waals surface area (Å²) < 4.78 is 31.8. The molecule has 3 aromatic rings. The van der Waals surface area contributed by atoms with Crippen molar-refractivity contribution in [3.8, 4) is 5.75 Å². The molecule has 3 aromatic carbocycles. The zero-order valence-electron chi connectivity index (χ0n) is 21.2. The Bertz CT molecular complexity index is 1230. The number of benzene rings is 3. The van der Waals surface area contributed by atoms with Crippen molar-refractivity contribution in [2.24, 2.45) is 0 Å². The van der Waals surface area contributed by atoms with Gasteiger partial charge in [-0.05, 0) is 40.2 Å². The van der Waals surface area contributed by atoms with E-state index in [0.717, 1.165) is 11.3 Å². The maximum absolute atomic E-state index is 11.6. The highest BCUT2D eigenvalue weighted by Crippen LogP contribution is 2.46. The third-order valence-electron chi connectivity index (χ3n) is 6.09. The molecule has 0 aliphatic heterocycles. The number of hydrogen-bond acceptors (Lipinski definition) is 4. The van der Waals surface area contributed by atoms with E-state index in [4.69, 9.17) is 27.9 Å². The number of rotatable bonds is 11. The molecule has 1 unspecified atom stereocenters. The topological polar surface area (TPSA) is 55.4 Å². The Kier molecular flexibility index (Phi) is 10.4. The normalized spacial score (nSPS) is 12.4. The third kappa shape index (κ3) is 7.34. The molecule has 1 atom stereocenters. The highest BCUT2D eigenvalue weighted by atomic mass is 35.5. The molecule has 0 fully saturated rings. The number of ether oxygens (including phenoxy) is 1. The van der Waals surface area contributed by atoms with E-state index < -0.39 is 10.9 Å². The van der Waals surface area contributed by atoms with Crippen LogP contribution in [0.1, 0.15) is 80.2 Å². The Labute approximate surface area is 230 Å². The second-order valence-corrected chi connectivity index (χ2v) is 11.8. The second kappa shape index (κ2) is 13.1. The quantitative estimate of drug-likeness (QED) is 0.139. The van der Waals surface area contributed by atoms with Gasteiger partial charge in [-0.15, -0.1) is 11.8 Å². The van der Waals surface area contributed by atoms with E-state index in [1.807, 2.05) is 25.1 Å². The van der Waals surface area contributed by atoms with Crippen molar-refractivity contribution in [3.05, 3.63) is 92.5 Å². The Morgan fingerprint density at radius 3 is 2.03 bits per heavy atom. The van der Waals surface area contributed by atoms with E-state index in [9.17, 15) is 8.42 Å². The first kappa shape index (κ1) is 28.7. The molecular formula is C28H33Cl2NO3S2. The first-order valence-electron chi connectivity index (χ1n) is 11.9. The van der Waals surface area contributed by atoms with Crippen LogP contribution in [0.25, 0.3) is 0 Å². The largest absolute Gasteiger partial charge is 0.480 e. The number of nitrogens with one attached hydrogen (secondary N) is 1. The van der Waals surface area contributed by atoms with Gasteiger partial charge in [0.1, 0.15) is 5.94 Å². The molecule has 0 radical (unpaired) electrons. The van der Waals surface area contributed by atoms with Crippen molar-refractivity contribution >= 4 is 51.5 Å². The van der Waals surface area contributed by atoms with E-state index in [2.05, 4.69) is 62.7 Å². The van der Waals surface area contributed by atoms with E-state index in [0.29, 0.717) is 39.8 Å². The lowest BCUT2D eigenvalue weighted by Gasteiger charge is -2.23. The van der Waals surface area contributed by atoms with Crippen LogP contribution in [0.3, 0.4) is 0 Å². The van der Waals surface area contributed by atoms with Crippen molar-refractivity contribution in [2.75, 3.05) is 10.7 Å². The average molecular weight is 567 g/mol. The maximum atomic E-state index is 11.6. The molecule has 0 saturated carbocycles. The van der Waals surface area contributed by atoms with Crippen molar-refractivity contribution < 1.29 is 13.2 Å². The molecule has 0 amide bonds. The second-order valence-electron chi connectivity index (χ2n) is 9.39. The lowest BCUT2D eigenvalue weighted by Crippen LogP contribution is -2.08. The van der Waals surface area contributed by atoms with Gasteiger partial charge in [-0.25, -0.2) is 8.42 Å². The Morgan fingerprint density at radius 1 is 0.889 bits per heavy atom. The summed E-state index contributed by atoms with van der Waals surface area (Å²) in [5.41, 5.74) is 5.71. The standard InChI is InChI=1S/C28H33Cl2NO3S2/c1-17(2)21-11-22(18(3)4)13-23(12-21)19(5)26-25(31-36(32)33)14-24(29)28(27(26)30)34-16-35-15-20-9-7-6-8-10-20/h6-14,17-19,36H,15-16H2,1-5H3,(H,31,32,33). The monoisotopic (exact) mass is 565 g/mol. The SMILES string of the molecule is CC(C)c1cc(C(C)C)cc(C(C)c2c(N[SH](=O)=O)cc(Cl)c(OCSCc3ccccc3)c2Cl)c1. The van der Waals surface area contributed by atoms with Gasteiger partial charge in [0.05, 0.1) is 15.7 Å². The van der Waals surface area contributed by atoms with Gasteiger partial charge in [0, 0.05) is 17.2 Å². The summed E-state index contributed by atoms with van der Waals surface area (Å²) in [5, 5.41) is 0.574. The molecule has 3 rings (SSSR count). The molecule has 36 heavy (non-hydrogen) atoms. The van der Waals surface area contributed by atoms with Gasteiger partial charge in [-0.2, -0.15) is 0 Å². The van der Waals surface area contributed by atoms with Crippen LogP contribution in [-0.4, -0.2) is 14.4 Å². The molecule has 0 spiro atoms. The van der Waals surface area contributed by atoms with Gasteiger partial charge in [-0.3, -0.25) is 4.72 Å². The van der Waals surface area contributed by atoms with Crippen LogP contribution >= 0.6 is 35.0 Å². The fourth-order valence-electron chi connectivity index (χ4n) is 3.98. The molecule has 1 N–H and O–H groups in total. The van der Waals surface area contributed by atoms with Crippen LogP contribution in [0.4, 0.5) is 5.69 Å². The number of thiol groups is 1. The minimum atomic E-state index is -2.91. The Morgan fingerprint density at radius 2 is 1.47 bits per heavy atom. The highest BCUT2D eigenvalue weighted by molar-refractivity contribution is 7.98. The summed E-state index contributed by atoms with van der Waals surface area (Å²) in [6.45, 7) is 10.7. The van der Waals surface area contributed by atoms with Gasteiger partial charge < -0.3 is 4.74 Å². The summed E-state index contributed by atoms with van der Waals surface area (Å²) in [7, 11) is -2.91. The Balaban J connectivity index is 1.98. The summed E-state index contributed by atoms with van der Waals surface area (Å²) in [6.07, 6.45) is 0. The molecule has 0 aliphatic rings. The molecule has 4 nitrogen and oxygen atoms in total. The van der Waals surface area contributed by atoms with Crippen molar-refractivity contribution in [1.82, 2.24) is 0 Å². The first-order valence-corrected chi connectivity index (χ1v) is 15.0. The molecule has 0 heterocycles. The molecule has 0 saturated heterocycles. The van der Waals surface area contributed by atoms with Crippen LogP contribution in [0.2, 0.25) is 10.0 Å². The fraction of sp³-hybridized carbons (Fsp3) is 0.357. The van der Waals surface area contributed by atoms with Crippen molar-refractivity contribution in [2.45, 2.75) is 58.1 Å². The minimum Gasteiger partial charge on any atom is -0.480 e. The maximum Gasteiger partial charge on any atom is 0.222 e. The first-order chi connectivity index (χ1) is 17.1. The van der Waals surface area contributed by atoms with Crippen molar-refractivity contribution in [1.29, 1.82) is 0 Å². The molecule has 8 heteroatoms. The molecule has 0 aromatic heterocycles. The minimum absolute atomic E-state index is 0.206. The lowest BCUT2D eigenvalue weighted by molar-refractivity contribution is 0.393. The number of anilines is 1. The van der Waals surface area contributed by atoms with Gasteiger partial charge in [0.25, 0.3) is 0 Å². The summed E-state index contributed by atoms with van der Waals surface area (Å²) in [5.74, 6) is 1.99. The lowest BCUT2D eigenvalue weighted by atomic mass is 9.85. The van der Waals surface area contributed by atoms with E-state index in [1.54, 1.807) is 17.8 Å². The van der Waals surface area contributed by atoms with Crippen LogP contribution in [0, 0.1) is 0 Å². The number of hydrogen-bond donors (Lipinski definition) is 2. The van der Waals surface area contributed by atoms with Gasteiger partial charge in [0.2, 0.25) is 10.9 Å². The predicted octanol–water partition coefficient (Wildman–Crippen LogP) is 8.60. The Hall–Kier alpha value is -1.86.